The Bertz CT molecular complexity index is 588. The number of hydrogen-bond donors (Lipinski definition) is 3. The summed E-state index contributed by atoms with van der Waals surface area (Å²) in [6.07, 6.45) is 0.819. The van der Waals surface area contributed by atoms with Crippen molar-refractivity contribution in [3.05, 3.63) is 29.8 Å². The Labute approximate surface area is 135 Å². The lowest BCUT2D eigenvalue weighted by atomic mass is 10.1. The first-order valence-electron chi connectivity index (χ1n) is 7.72. The smallest absolute Gasteiger partial charge is 0.243 e. The van der Waals surface area contributed by atoms with Gasteiger partial charge in [0.1, 0.15) is 0 Å². The third-order valence-electron chi connectivity index (χ3n) is 3.60. The molecule has 0 aliphatic carbocycles. The maximum Gasteiger partial charge on any atom is 0.243 e. The highest BCUT2D eigenvalue weighted by Crippen LogP contribution is 2.14. The topological polar surface area (TPSA) is 90.5 Å². The Morgan fingerprint density at radius 2 is 2.04 bits per heavy atom. The van der Waals surface area contributed by atoms with Crippen molar-refractivity contribution < 1.29 is 14.4 Å². The summed E-state index contributed by atoms with van der Waals surface area (Å²) in [5.74, 6) is -0.618. The molecular formula is C16H22N4O3. The van der Waals surface area contributed by atoms with Crippen molar-refractivity contribution in [3.8, 4) is 0 Å². The molecule has 3 N–H and O–H groups in total. The molecule has 2 rings (SSSR count). The van der Waals surface area contributed by atoms with E-state index < -0.39 is 0 Å². The molecule has 0 radical (unpaired) electrons. The van der Waals surface area contributed by atoms with Gasteiger partial charge in [-0.2, -0.15) is 0 Å². The summed E-state index contributed by atoms with van der Waals surface area (Å²) in [5, 5.41) is 8.07. The van der Waals surface area contributed by atoms with Crippen LogP contribution in [0.25, 0.3) is 0 Å². The summed E-state index contributed by atoms with van der Waals surface area (Å²) in [6.45, 7) is 3.43. The summed E-state index contributed by atoms with van der Waals surface area (Å²) in [7, 11) is 0. The van der Waals surface area contributed by atoms with E-state index >= 15 is 0 Å². The van der Waals surface area contributed by atoms with E-state index in [1.165, 1.54) is 0 Å². The second-order valence-corrected chi connectivity index (χ2v) is 5.40. The predicted octanol–water partition coefficient (Wildman–Crippen LogP) is -0.264. The molecule has 0 atom stereocenters. The van der Waals surface area contributed by atoms with Gasteiger partial charge in [0.15, 0.2) is 0 Å². The zero-order chi connectivity index (χ0) is 16.7. The molecule has 1 heterocycles. The van der Waals surface area contributed by atoms with Crippen molar-refractivity contribution in [2.24, 2.45) is 0 Å². The maximum absolute atomic E-state index is 11.9. The number of nitrogens with one attached hydrogen (secondary N) is 3. The van der Waals surface area contributed by atoms with Gasteiger partial charge in [0.05, 0.1) is 19.6 Å². The van der Waals surface area contributed by atoms with Crippen molar-refractivity contribution in [2.45, 2.75) is 13.3 Å². The molecule has 1 aromatic rings. The summed E-state index contributed by atoms with van der Waals surface area (Å²) in [6, 6.07) is 7.57. The molecule has 7 heteroatoms. The van der Waals surface area contributed by atoms with E-state index in [4.69, 9.17) is 0 Å². The number of para-hydroxylation sites is 1. The van der Waals surface area contributed by atoms with E-state index in [0.717, 1.165) is 17.7 Å². The van der Waals surface area contributed by atoms with Crippen molar-refractivity contribution in [2.75, 3.05) is 38.0 Å². The summed E-state index contributed by atoms with van der Waals surface area (Å²) in [4.78, 5) is 36.7. The fraction of sp³-hybridized carbons (Fsp3) is 0.438. The lowest BCUT2D eigenvalue weighted by Crippen LogP contribution is -2.51. The van der Waals surface area contributed by atoms with Crippen LogP contribution in [0.2, 0.25) is 0 Å². The third kappa shape index (κ3) is 5.37. The lowest BCUT2D eigenvalue weighted by molar-refractivity contribution is -0.128. The molecule has 1 fully saturated rings. The molecule has 1 aliphatic heterocycles. The van der Waals surface area contributed by atoms with Crippen LogP contribution in [0, 0.1) is 0 Å². The van der Waals surface area contributed by atoms with Gasteiger partial charge in [-0.05, 0) is 18.1 Å². The minimum atomic E-state index is -0.268. The lowest BCUT2D eigenvalue weighted by Gasteiger charge is -2.25. The van der Waals surface area contributed by atoms with Crippen LogP contribution in [-0.2, 0) is 20.8 Å². The van der Waals surface area contributed by atoms with Gasteiger partial charge in [0, 0.05) is 18.8 Å². The molecule has 1 aromatic carbocycles. The first-order valence-corrected chi connectivity index (χ1v) is 7.72. The zero-order valence-electron chi connectivity index (χ0n) is 13.2. The van der Waals surface area contributed by atoms with Gasteiger partial charge >= 0.3 is 0 Å². The molecule has 7 nitrogen and oxygen atoms in total. The number of rotatable bonds is 6. The van der Waals surface area contributed by atoms with Crippen LogP contribution in [-0.4, -0.2) is 55.3 Å². The van der Waals surface area contributed by atoms with Gasteiger partial charge in [-0.1, -0.05) is 25.1 Å². The second kappa shape index (κ2) is 8.28. The minimum Gasteiger partial charge on any atom is -0.354 e. The van der Waals surface area contributed by atoms with Crippen LogP contribution >= 0.6 is 0 Å². The van der Waals surface area contributed by atoms with Crippen LogP contribution in [0.4, 0.5) is 5.69 Å². The zero-order valence-corrected chi connectivity index (χ0v) is 13.2. The highest BCUT2D eigenvalue weighted by molar-refractivity contribution is 5.95. The van der Waals surface area contributed by atoms with Crippen molar-refractivity contribution in [3.63, 3.8) is 0 Å². The SMILES string of the molecule is CCc1ccccc1NC(=O)CNC(=O)CN1CCNC(=O)C1. The monoisotopic (exact) mass is 318 g/mol. The number of nitrogens with zero attached hydrogens (tertiary/aromatic N) is 1. The molecule has 0 bridgehead atoms. The van der Waals surface area contributed by atoms with E-state index in [-0.39, 0.29) is 37.4 Å². The molecule has 0 spiro atoms. The Morgan fingerprint density at radius 1 is 1.26 bits per heavy atom. The maximum atomic E-state index is 11.9. The number of hydrogen-bond acceptors (Lipinski definition) is 4. The van der Waals surface area contributed by atoms with E-state index in [1.807, 2.05) is 31.2 Å². The predicted molar refractivity (Wildman–Crippen MR) is 86.9 cm³/mol. The van der Waals surface area contributed by atoms with Crippen LogP contribution in [0.15, 0.2) is 24.3 Å². The number of carbonyl (C=O) groups is 3. The summed E-state index contributed by atoms with van der Waals surface area (Å²) >= 11 is 0. The summed E-state index contributed by atoms with van der Waals surface area (Å²) < 4.78 is 0. The van der Waals surface area contributed by atoms with Crippen molar-refractivity contribution in [1.82, 2.24) is 15.5 Å². The second-order valence-electron chi connectivity index (χ2n) is 5.40. The van der Waals surface area contributed by atoms with E-state index in [2.05, 4.69) is 16.0 Å². The Morgan fingerprint density at radius 3 is 2.78 bits per heavy atom. The molecule has 0 saturated carbocycles. The average Bonchev–Trinajstić information content (AvgIpc) is 2.53. The molecule has 3 amide bonds. The van der Waals surface area contributed by atoms with Crippen LogP contribution < -0.4 is 16.0 Å². The van der Waals surface area contributed by atoms with Crippen molar-refractivity contribution >= 4 is 23.4 Å². The fourth-order valence-electron chi connectivity index (χ4n) is 2.41. The number of aryl methyl sites for hydroxylation is 1. The van der Waals surface area contributed by atoms with E-state index in [1.54, 1.807) is 4.90 Å². The molecular weight excluding hydrogens is 296 g/mol. The van der Waals surface area contributed by atoms with Gasteiger partial charge in [-0.3, -0.25) is 19.3 Å². The van der Waals surface area contributed by atoms with E-state index in [0.29, 0.717) is 13.1 Å². The number of carbonyl (C=O) groups excluding carboxylic acids is 3. The minimum absolute atomic E-state index is 0.0852. The molecule has 124 valence electrons. The Balaban J connectivity index is 1.75. The summed E-state index contributed by atoms with van der Waals surface area (Å²) in [5.41, 5.74) is 1.81. The van der Waals surface area contributed by atoms with Crippen LogP contribution in [0.5, 0.6) is 0 Å². The normalized spacial score (nSPS) is 14.9. The van der Waals surface area contributed by atoms with Gasteiger partial charge in [-0.25, -0.2) is 0 Å². The van der Waals surface area contributed by atoms with Gasteiger partial charge in [0.2, 0.25) is 17.7 Å². The highest BCUT2D eigenvalue weighted by Gasteiger charge is 2.18. The number of anilines is 1. The standard InChI is InChI=1S/C16H22N4O3/c1-2-12-5-3-4-6-13(12)19-14(21)9-18-16(23)11-20-8-7-17-15(22)10-20/h3-6H,2,7-11H2,1H3,(H,17,22)(H,18,23)(H,19,21). The Hall–Kier alpha value is -2.41. The van der Waals surface area contributed by atoms with Gasteiger partial charge in [-0.15, -0.1) is 0 Å². The molecule has 23 heavy (non-hydrogen) atoms. The Kier molecular flexibility index (Phi) is 6.10. The van der Waals surface area contributed by atoms with Crippen molar-refractivity contribution in [1.29, 1.82) is 0 Å². The van der Waals surface area contributed by atoms with Crippen LogP contribution in [0.1, 0.15) is 12.5 Å². The van der Waals surface area contributed by atoms with Crippen LogP contribution in [0.3, 0.4) is 0 Å². The number of amides is 3. The number of piperazine rings is 1. The number of benzene rings is 1. The largest absolute Gasteiger partial charge is 0.354 e. The first-order chi connectivity index (χ1) is 11.1. The van der Waals surface area contributed by atoms with Gasteiger partial charge < -0.3 is 16.0 Å². The molecule has 1 aliphatic rings. The van der Waals surface area contributed by atoms with E-state index in [9.17, 15) is 14.4 Å². The molecule has 0 aromatic heterocycles. The average molecular weight is 318 g/mol. The van der Waals surface area contributed by atoms with Gasteiger partial charge in [0.25, 0.3) is 0 Å². The molecule has 0 unspecified atom stereocenters. The third-order valence-corrected chi connectivity index (χ3v) is 3.60. The fourth-order valence-corrected chi connectivity index (χ4v) is 2.41. The first kappa shape index (κ1) is 17.0. The quantitative estimate of drug-likeness (QED) is 0.674. The highest BCUT2D eigenvalue weighted by atomic mass is 16.2. The molecule has 1 saturated heterocycles.